The zero-order valence-corrected chi connectivity index (χ0v) is 19.0. The van der Waals surface area contributed by atoms with Crippen LogP contribution in [0.5, 0.6) is 17.2 Å². The van der Waals surface area contributed by atoms with Crippen LogP contribution in [0, 0.1) is 0 Å². The fourth-order valence-corrected chi connectivity index (χ4v) is 3.15. The van der Waals surface area contributed by atoms with Crippen molar-refractivity contribution in [2.45, 2.75) is 0 Å². The van der Waals surface area contributed by atoms with Crippen molar-refractivity contribution in [1.29, 1.82) is 0 Å². The summed E-state index contributed by atoms with van der Waals surface area (Å²) < 4.78 is 21.2. The van der Waals surface area contributed by atoms with Gasteiger partial charge in [0.1, 0.15) is 28.6 Å². The first-order valence-corrected chi connectivity index (χ1v) is 10.3. The minimum atomic E-state index is -0.967. The average molecular weight is 460 g/mol. The predicted molar refractivity (Wildman–Crippen MR) is 131 cm³/mol. The van der Waals surface area contributed by atoms with Gasteiger partial charge in [-0.3, -0.25) is 4.79 Å². The van der Waals surface area contributed by atoms with Gasteiger partial charge < -0.3 is 23.7 Å². The number of aliphatic carboxylic acids is 1. The Morgan fingerprint density at radius 1 is 0.853 bits per heavy atom. The van der Waals surface area contributed by atoms with Crippen LogP contribution in [0.3, 0.4) is 0 Å². The topological polar surface area (TPSA) is 95.2 Å². The van der Waals surface area contributed by atoms with E-state index < -0.39 is 5.97 Å². The number of benzene rings is 3. The molecular weight excluding hydrogens is 436 g/mol. The normalized spacial score (nSPS) is 10.4. The van der Waals surface area contributed by atoms with E-state index in [2.05, 4.69) is 0 Å². The van der Waals surface area contributed by atoms with Gasteiger partial charge >= 0.3 is 5.97 Å². The SMILES string of the molecule is COc1cccc(-c2cc(=O)c3ccc(OC)cc3o2)c1.COc1ccccc1C=CC(=O)O. The Hall–Kier alpha value is -4.52. The molecular formula is C27H24O7. The molecule has 0 aliphatic carbocycles. The summed E-state index contributed by atoms with van der Waals surface area (Å²) in [6.45, 7) is 0. The van der Waals surface area contributed by atoms with Gasteiger partial charge in [0.2, 0.25) is 0 Å². The number of ether oxygens (including phenoxy) is 3. The summed E-state index contributed by atoms with van der Waals surface area (Å²) in [5, 5.41) is 8.94. The molecule has 0 saturated carbocycles. The van der Waals surface area contributed by atoms with E-state index in [9.17, 15) is 9.59 Å². The van der Waals surface area contributed by atoms with Crippen LogP contribution < -0.4 is 19.6 Å². The average Bonchev–Trinajstić information content (AvgIpc) is 2.87. The zero-order chi connectivity index (χ0) is 24.5. The molecule has 0 atom stereocenters. The smallest absolute Gasteiger partial charge is 0.328 e. The second-order valence-electron chi connectivity index (χ2n) is 6.98. The lowest BCUT2D eigenvalue weighted by Gasteiger charge is -2.06. The second-order valence-corrected chi connectivity index (χ2v) is 6.98. The van der Waals surface area contributed by atoms with Crippen LogP contribution >= 0.6 is 0 Å². The standard InChI is InChI=1S/C17H14O4.C10H10O3/c1-19-12-5-3-4-11(8-12)16-10-15(18)14-7-6-13(20-2)9-17(14)21-16;1-13-9-5-3-2-4-8(9)6-7-10(11)12/h3-10H,1-2H3;2-7H,1H3,(H,11,12). The molecule has 1 heterocycles. The van der Waals surface area contributed by atoms with Crippen LogP contribution in [-0.2, 0) is 4.79 Å². The molecule has 4 aromatic rings. The molecule has 0 saturated heterocycles. The first kappa shape index (κ1) is 24.1. The first-order chi connectivity index (χ1) is 16.4. The van der Waals surface area contributed by atoms with Crippen molar-refractivity contribution < 1.29 is 28.5 Å². The Morgan fingerprint density at radius 3 is 2.29 bits per heavy atom. The lowest BCUT2D eigenvalue weighted by molar-refractivity contribution is -0.131. The molecule has 3 aromatic carbocycles. The molecule has 0 aliphatic rings. The van der Waals surface area contributed by atoms with Crippen molar-refractivity contribution in [2.24, 2.45) is 0 Å². The van der Waals surface area contributed by atoms with Crippen LogP contribution in [0.15, 0.2) is 88.1 Å². The summed E-state index contributed by atoms with van der Waals surface area (Å²) >= 11 is 0. The number of carboxylic acid groups (broad SMARTS) is 1. The quantitative estimate of drug-likeness (QED) is 0.392. The van der Waals surface area contributed by atoms with Gasteiger partial charge in [-0.15, -0.1) is 0 Å². The van der Waals surface area contributed by atoms with Crippen LogP contribution in [0.25, 0.3) is 28.4 Å². The van der Waals surface area contributed by atoms with E-state index in [-0.39, 0.29) is 5.43 Å². The van der Waals surface area contributed by atoms with E-state index in [4.69, 9.17) is 23.7 Å². The number of rotatable bonds is 6. The van der Waals surface area contributed by atoms with Crippen molar-refractivity contribution in [3.05, 3.63) is 94.7 Å². The Morgan fingerprint density at radius 2 is 1.59 bits per heavy atom. The molecule has 0 bridgehead atoms. The van der Waals surface area contributed by atoms with Gasteiger partial charge in [-0.1, -0.05) is 30.3 Å². The third kappa shape index (κ3) is 6.04. The van der Waals surface area contributed by atoms with Crippen LogP contribution in [0.4, 0.5) is 0 Å². The molecule has 0 amide bonds. The maximum absolute atomic E-state index is 12.2. The van der Waals surface area contributed by atoms with Gasteiger partial charge in [-0.25, -0.2) is 4.79 Å². The van der Waals surface area contributed by atoms with E-state index in [1.165, 1.54) is 12.1 Å². The van der Waals surface area contributed by atoms with Gasteiger partial charge in [0.25, 0.3) is 0 Å². The van der Waals surface area contributed by atoms with Crippen molar-refractivity contribution in [3.8, 4) is 28.6 Å². The van der Waals surface area contributed by atoms with E-state index in [1.54, 1.807) is 51.7 Å². The van der Waals surface area contributed by atoms with Crippen molar-refractivity contribution in [1.82, 2.24) is 0 Å². The van der Waals surface area contributed by atoms with Gasteiger partial charge in [0, 0.05) is 29.3 Å². The summed E-state index contributed by atoms with van der Waals surface area (Å²) in [6.07, 6.45) is 2.58. The maximum atomic E-state index is 12.2. The molecule has 7 nitrogen and oxygen atoms in total. The van der Waals surface area contributed by atoms with Gasteiger partial charge in [0.05, 0.1) is 26.7 Å². The summed E-state index contributed by atoms with van der Waals surface area (Å²) in [4.78, 5) is 22.4. The zero-order valence-electron chi connectivity index (χ0n) is 19.0. The Kier molecular flexibility index (Phi) is 8.07. The van der Waals surface area contributed by atoms with E-state index in [0.29, 0.717) is 34.0 Å². The lowest BCUT2D eigenvalue weighted by Crippen LogP contribution is -2.00. The van der Waals surface area contributed by atoms with Gasteiger partial charge in [-0.2, -0.15) is 0 Å². The lowest BCUT2D eigenvalue weighted by atomic mass is 10.1. The second kappa shape index (κ2) is 11.4. The number of hydrogen-bond donors (Lipinski definition) is 1. The highest BCUT2D eigenvalue weighted by Gasteiger charge is 2.08. The van der Waals surface area contributed by atoms with Gasteiger partial charge in [0.15, 0.2) is 5.43 Å². The minimum absolute atomic E-state index is 0.0864. The summed E-state index contributed by atoms with van der Waals surface area (Å²) in [6, 6.07) is 21.2. The van der Waals surface area contributed by atoms with E-state index in [0.717, 1.165) is 17.2 Å². The number of hydrogen-bond acceptors (Lipinski definition) is 6. The number of fused-ring (bicyclic) bond motifs is 1. The fraction of sp³-hybridized carbons (Fsp3) is 0.111. The highest BCUT2D eigenvalue weighted by Crippen LogP contribution is 2.27. The summed E-state index contributed by atoms with van der Waals surface area (Å²) in [7, 11) is 4.72. The number of carbonyl (C=O) groups is 1. The first-order valence-electron chi connectivity index (χ1n) is 10.3. The van der Waals surface area contributed by atoms with Crippen LogP contribution in [0.2, 0.25) is 0 Å². The molecule has 1 aromatic heterocycles. The number of carboxylic acids is 1. The number of methoxy groups -OCH3 is 3. The molecule has 1 N–H and O–H groups in total. The molecule has 0 fully saturated rings. The van der Waals surface area contributed by atoms with Crippen LogP contribution in [-0.4, -0.2) is 32.4 Å². The molecule has 0 spiro atoms. The van der Waals surface area contributed by atoms with Crippen molar-refractivity contribution in [3.63, 3.8) is 0 Å². The van der Waals surface area contributed by atoms with E-state index in [1.807, 2.05) is 36.4 Å². The molecule has 174 valence electrons. The predicted octanol–water partition coefficient (Wildman–Crippen LogP) is 5.27. The fourth-order valence-electron chi connectivity index (χ4n) is 3.15. The third-order valence-corrected chi connectivity index (χ3v) is 4.83. The Balaban J connectivity index is 0.000000215. The molecule has 7 heteroatoms. The monoisotopic (exact) mass is 460 g/mol. The highest BCUT2D eigenvalue weighted by atomic mass is 16.5. The molecule has 0 aliphatic heterocycles. The van der Waals surface area contributed by atoms with Crippen molar-refractivity contribution >= 4 is 23.0 Å². The molecule has 4 rings (SSSR count). The maximum Gasteiger partial charge on any atom is 0.328 e. The third-order valence-electron chi connectivity index (χ3n) is 4.83. The summed E-state index contributed by atoms with van der Waals surface area (Å²) in [5.74, 6) is 1.56. The number of para-hydroxylation sites is 1. The Labute approximate surface area is 196 Å². The van der Waals surface area contributed by atoms with Crippen molar-refractivity contribution in [2.75, 3.05) is 21.3 Å². The molecule has 0 unspecified atom stereocenters. The minimum Gasteiger partial charge on any atom is -0.497 e. The van der Waals surface area contributed by atoms with Crippen LogP contribution in [0.1, 0.15) is 5.56 Å². The van der Waals surface area contributed by atoms with Gasteiger partial charge in [-0.05, 0) is 36.4 Å². The Bertz CT molecular complexity index is 1370. The molecule has 34 heavy (non-hydrogen) atoms. The molecule has 0 radical (unpaired) electrons. The highest BCUT2D eigenvalue weighted by molar-refractivity contribution is 5.85. The van der Waals surface area contributed by atoms with E-state index >= 15 is 0 Å². The largest absolute Gasteiger partial charge is 0.497 e. The summed E-state index contributed by atoms with van der Waals surface area (Å²) in [5.41, 5.74) is 1.96.